The standard InChI is InChI=1S/C37H36ClF3N8O3S/c38-26-24(20-4-5-22(40)32-23(20)21(12-42)33(43)53-32)27(41)29-25-31(26)51-9-6-19-10-18(44-35(50)30-28(45-30)16-2-3-16)14-49(19)34(25)47-36(46-29)52-15-37-7-1-8-48(37)13-17(39)11-37/h4-5,16-19,28,30,45H,1-3,6-11,13-15,43H2,(H,44,50)/t17-,18?,19?,28?,30-,37+/m1/s1. The monoisotopic (exact) mass is 764 g/mol. The number of rotatable bonds is 7. The molecule has 0 bridgehead atoms. The first-order valence-corrected chi connectivity index (χ1v) is 19.4. The zero-order valence-electron chi connectivity index (χ0n) is 28.6. The second kappa shape index (κ2) is 12.2. The quantitative estimate of drug-likeness (QED) is 0.207. The molecular formula is C37H36ClF3N8O3S. The fraction of sp³-hybridized carbons (Fsp3) is 0.514. The number of carbonyl (C=O) groups excluding carboxylic acids is 1. The molecule has 4 aromatic rings. The summed E-state index contributed by atoms with van der Waals surface area (Å²) in [5.41, 5.74) is 5.57. The Bertz CT molecular complexity index is 2270. The highest BCUT2D eigenvalue weighted by Crippen LogP contribution is 2.51. The third-order valence-electron chi connectivity index (χ3n) is 12.1. The number of alkyl halides is 1. The molecule has 1 amide bonds. The largest absolute Gasteiger partial charge is 0.491 e. The average molecular weight is 765 g/mol. The van der Waals surface area contributed by atoms with E-state index >= 15 is 8.78 Å². The number of hydrogen-bond donors (Lipinski definition) is 3. The highest BCUT2D eigenvalue weighted by molar-refractivity contribution is 7.23. The lowest BCUT2D eigenvalue weighted by Crippen LogP contribution is -2.43. The van der Waals surface area contributed by atoms with Crippen molar-refractivity contribution in [3.05, 3.63) is 34.4 Å². The molecule has 10 rings (SSSR count). The van der Waals surface area contributed by atoms with Gasteiger partial charge in [0.25, 0.3) is 0 Å². The van der Waals surface area contributed by atoms with Gasteiger partial charge in [0.2, 0.25) is 5.91 Å². The van der Waals surface area contributed by atoms with Crippen LogP contribution in [0.5, 0.6) is 11.8 Å². The second-order valence-corrected chi connectivity index (χ2v) is 16.8. The molecule has 4 saturated heterocycles. The molecule has 53 heavy (non-hydrogen) atoms. The molecule has 7 heterocycles. The number of fused-ring (bicyclic) bond motifs is 4. The summed E-state index contributed by atoms with van der Waals surface area (Å²) in [5.74, 6) is -0.374. The molecule has 5 fully saturated rings. The van der Waals surface area contributed by atoms with Gasteiger partial charge >= 0.3 is 6.01 Å². The van der Waals surface area contributed by atoms with Gasteiger partial charge in [0.05, 0.1) is 32.8 Å². The fourth-order valence-corrected chi connectivity index (χ4v) is 10.7. The molecule has 0 spiro atoms. The highest BCUT2D eigenvalue weighted by atomic mass is 35.5. The molecule has 6 aliphatic rings. The molecule has 11 nitrogen and oxygen atoms in total. The third-order valence-corrected chi connectivity index (χ3v) is 13.5. The van der Waals surface area contributed by atoms with Crippen LogP contribution in [0, 0.1) is 28.9 Å². The summed E-state index contributed by atoms with van der Waals surface area (Å²) in [5, 5.41) is 17.0. The normalized spacial score (nSPS) is 29.0. The molecule has 0 radical (unpaired) electrons. The molecule has 276 valence electrons. The minimum Gasteiger partial charge on any atom is -0.491 e. The maximum absolute atomic E-state index is 17.4. The maximum Gasteiger partial charge on any atom is 0.319 e. The lowest BCUT2D eigenvalue weighted by molar-refractivity contribution is -0.121. The number of nitrogens with zero attached hydrogens (tertiary/aromatic N) is 5. The summed E-state index contributed by atoms with van der Waals surface area (Å²) in [7, 11) is 0. The Morgan fingerprint density at radius 1 is 1.25 bits per heavy atom. The number of aromatic nitrogens is 2. The van der Waals surface area contributed by atoms with Gasteiger partial charge in [-0.15, -0.1) is 11.3 Å². The number of halogens is 4. The minimum atomic E-state index is -0.966. The molecule has 16 heteroatoms. The molecule has 1 aliphatic carbocycles. The van der Waals surface area contributed by atoms with Crippen molar-refractivity contribution in [1.82, 2.24) is 25.5 Å². The van der Waals surface area contributed by atoms with Crippen LogP contribution in [-0.4, -0.2) is 89.5 Å². The van der Waals surface area contributed by atoms with Crippen LogP contribution in [0.25, 0.3) is 32.1 Å². The zero-order chi connectivity index (χ0) is 36.3. The predicted molar refractivity (Wildman–Crippen MR) is 194 cm³/mol. The van der Waals surface area contributed by atoms with E-state index in [9.17, 15) is 14.4 Å². The van der Waals surface area contributed by atoms with Crippen LogP contribution in [0.1, 0.15) is 50.5 Å². The van der Waals surface area contributed by atoms with Gasteiger partial charge in [-0.2, -0.15) is 15.2 Å². The van der Waals surface area contributed by atoms with E-state index in [1.807, 2.05) is 6.07 Å². The summed E-state index contributed by atoms with van der Waals surface area (Å²) in [4.78, 5) is 26.9. The van der Waals surface area contributed by atoms with Crippen LogP contribution in [-0.2, 0) is 4.79 Å². The van der Waals surface area contributed by atoms with Crippen molar-refractivity contribution < 1.29 is 27.4 Å². The Kier molecular flexibility index (Phi) is 7.71. The number of hydrogen-bond acceptors (Lipinski definition) is 11. The Morgan fingerprint density at radius 3 is 2.91 bits per heavy atom. The van der Waals surface area contributed by atoms with Crippen LogP contribution >= 0.6 is 22.9 Å². The first-order chi connectivity index (χ1) is 25.6. The average Bonchev–Trinajstić information content (AvgIpc) is 3.99. The number of thiophene rings is 1. The predicted octanol–water partition coefficient (Wildman–Crippen LogP) is 5.45. The van der Waals surface area contributed by atoms with Crippen LogP contribution in [0.3, 0.4) is 0 Å². The molecule has 2 aromatic heterocycles. The first kappa shape index (κ1) is 33.5. The number of nitriles is 1. The van der Waals surface area contributed by atoms with E-state index in [0.717, 1.165) is 43.6 Å². The van der Waals surface area contributed by atoms with E-state index in [1.165, 1.54) is 12.1 Å². The molecule has 2 aromatic carbocycles. The van der Waals surface area contributed by atoms with Gasteiger partial charge in [-0.1, -0.05) is 17.7 Å². The van der Waals surface area contributed by atoms with Crippen molar-refractivity contribution in [1.29, 1.82) is 5.26 Å². The maximum atomic E-state index is 17.4. The molecule has 3 unspecified atom stereocenters. The van der Waals surface area contributed by atoms with E-state index in [-0.39, 0.29) is 103 Å². The number of ether oxygens (including phenoxy) is 2. The van der Waals surface area contributed by atoms with E-state index in [1.54, 1.807) is 0 Å². The second-order valence-electron chi connectivity index (χ2n) is 15.4. The van der Waals surface area contributed by atoms with Crippen LogP contribution in [0.2, 0.25) is 5.02 Å². The topological polar surface area (TPSA) is 152 Å². The molecule has 5 aliphatic heterocycles. The van der Waals surface area contributed by atoms with Crippen LogP contribution in [0.15, 0.2) is 12.1 Å². The van der Waals surface area contributed by atoms with Crippen molar-refractivity contribution >= 4 is 60.7 Å². The lowest BCUT2D eigenvalue weighted by Gasteiger charge is -2.32. The summed E-state index contributed by atoms with van der Waals surface area (Å²) >= 11 is 8.01. The van der Waals surface area contributed by atoms with Gasteiger partial charge in [0, 0.05) is 55.0 Å². The van der Waals surface area contributed by atoms with E-state index in [2.05, 4.69) is 25.4 Å². The lowest BCUT2D eigenvalue weighted by atomic mass is 9.95. The number of anilines is 2. The Labute approximate surface area is 311 Å². The number of benzene rings is 2. The summed E-state index contributed by atoms with van der Waals surface area (Å²) in [6, 6.07) is 4.28. The number of nitrogens with two attached hydrogens (primary N) is 1. The highest BCUT2D eigenvalue weighted by Gasteiger charge is 2.52. The molecule has 1 saturated carbocycles. The zero-order valence-corrected chi connectivity index (χ0v) is 30.1. The van der Waals surface area contributed by atoms with Crippen molar-refractivity contribution in [3.63, 3.8) is 0 Å². The first-order valence-electron chi connectivity index (χ1n) is 18.3. The molecule has 4 N–H and O–H groups in total. The van der Waals surface area contributed by atoms with E-state index < -0.39 is 23.3 Å². The van der Waals surface area contributed by atoms with Crippen LogP contribution < -0.4 is 30.7 Å². The summed E-state index contributed by atoms with van der Waals surface area (Å²) < 4.78 is 59.9. The van der Waals surface area contributed by atoms with Gasteiger partial charge in [-0.25, -0.2) is 13.2 Å². The van der Waals surface area contributed by atoms with Gasteiger partial charge in [0.15, 0.2) is 11.6 Å². The summed E-state index contributed by atoms with van der Waals surface area (Å²) in [6.45, 7) is 1.87. The summed E-state index contributed by atoms with van der Waals surface area (Å²) in [6.07, 6.45) is 4.52. The fourth-order valence-electron chi connectivity index (χ4n) is 9.43. The number of carbonyl (C=O) groups is 1. The van der Waals surface area contributed by atoms with Gasteiger partial charge in [-0.3, -0.25) is 15.0 Å². The number of nitrogens with one attached hydrogen (secondary N) is 2. The van der Waals surface area contributed by atoms with Crippen molar-refractivity contribution in [3.8, 4) is 29.0 Å². The van der Waals surface area contributed by atoms with Crippen molar-refractivity contribution in [2.24, 2.45) is 5.92 Å². The molecular weight excluding hydrogens is 729 g/mol. The SMILES string of the molecule is N#Cc1c(N)sc2c(F)ccc(-c3c(Cl)c4c5c(nc(OC[C@@]67CCCN6C[C@H](F)C7)nc5c3F)N3CC(NC(=O)[C@@H]5NC5C5CC5)CC3CCO4)c12. The van der Waals surface area contributed by atoms with Crippen LogP contribution in [0.4, 0.5) is 24.0 Å². The van der Waals surface area contributed by atoms with Gasteiger partial charge in [-0.05, 0) is 56.2 Å². The number of amides is 1. The molecule has 6 atom stereocenters. The van der Waals surface area contributed by atoms with Gasteiger partial charge in [0.1, 0.15) is 47.0 Å². The Morgan fingerprint density at radius 2 is 2.09 bits per heavy atom. The smallest absolute Gasteiger partial charge is 0.319 e. The Balaban J connectivity index is 1.10. The van der Waals surface area contributed by atoms with E-state index in [0.29, 0.717) is 44.1 Å². The number of nitrogen functional groups attached to an aromatic ring is 1. The van der Waals surface area contributed by atoms with E-state index in [4.69, 9.17) is 31.8 Å². The van der Waals surface area contributed by atoms with Crippen molar-refractivity contribution in [2.45, 2.75) is 80.8 Å². The van der Waals surface area contributed by atoms with Gasteiger partial charge < -0.3 is 25.4 Å². The van der Waals surface area contributed by atoms with Crippen molar-refractivity contribution in [2.75, 3.05) is 43.5 Å². The third kappa shape index (κ3) is 5.31. The Hall–Kier alpha value is -4.10. The minimum absolute atomic E-state index is 0.0193.